The molecule has 0 radical (unpaired) electrons. The van der Waals surface area contributed by atoms with E-state index in [9.17, 15) is 82.1 Å². The average molecular weight is 1580 g/mol. The number of hydrogen-bond acceptors (Lipinski definition) is 18. The SMILES string of the molecule is CCCCCCCCCCCCCC1CC(=O)NCC(=O)NC(Cc2cnc[nH]2)C(=O)NC(C(C)C)C(=O)N2CCCC2C(=O)NCC(=O)NC(CCCNC(N)=O)C(=O)NC(Cc2c[nH]c3ccc(O)cc23)C(=O)NCC(=O)NC(Cc2c[nH]c3ccccc23)C(=O)NCC(=O)NC(C(C)C)C(=O)NC(CC(=O)O)C(=O)O1. The van der Waals surface area contributed by atoms with E-state index in [-0.39, 0.29) is 63.8 Å². The van der Waals surface area contributed by atoms with Crippen LogP contribution in [0.15, 0.2) is 67.4 Å². The Morgan fingerprint density at radius 2 is 1.10 bits per heavy atom. The number of aromatic hydroxyl groups is 1. The van der Waals surface area contributed by atoms with E-state index in [4.69, 9.17) is 10.5 Å². The first kappa shape index (κ1) is 88.6. The number of benzene rings is 2. The minimum absolute atomic E-state index is 0.0249. The number of phenolic OH excluding ortho intramolecular Hbond substituents is 1. The van der Waals surface area contributed by atoms with Crippen molar-refractivity contribution in [3.63, 3.8) is 0 Å². The van der Waals surface area contributed by atoms with Gasteiger partial charge in [0.1, 0.15) is 60.2 Å². The molecule has 9 unspecified atom stereocenters. The molecule has 616 valence electrons. The number of carbonyl (C=O) groups excluding carboxylic acids is 14. The first-order valence-electron chi connectivity index (χ1n) is 38.8. The fourth-order valence-corrected chi connectivity index (χ4v) is 13.6. The number of nitrogens with two attached hydrogens (primary N) is 1. The number of esters is 1. The van der Waals surface area contributed by atoms with Gasteiger partial charge in [-0.15, -0.1) is 0 Å². The average Bonchev–Trinajstić information content (AvgIpc) is 1.73. The van der Waals surface area contributed by atoms with Gasteiger partial charge in [0.2, 0.25) is 70.9 Å². The number of amides is 14. The van der Waals surface area contributed by atoms with Gasteiger partial charge in [-0.3, -0.25) is 62.3 Å². The van der Waals surface area contributed by atoms with Gasteiger partial charge in [0, 0.05) is 78.4 Å². The lowest BCUT2D eigenvalue weighted by atomic mass is 10.0. The second-order valence-corrected chi connectivity index (χ2v) is 29.3. The van der Waals surface area contributed by atoms with E-state index >= 15 is 0 Å². The number of H-pyrrole nitrogens is 3. The Kier molecular flexibility index (Phi) is 35.3. The number of unbranched alkanes of at least 4 members (excludes halogenated alkanes) is 10. The summed E-state index contributed by atoms with van der Waals surface area (Å²) in [5.41, 5.74) is 7.86. The highest BCUT2D eigenvalue weighted by molar-refractivity contribution is 6.00. The largest absolute Gasteiger partial charge is 0.508 e. The molecule has 2 aliphatic rings. The van der Waals surface area contributed by atoms with Crippen molar-refractivity contribution in [1.29, 1.82) is 0 Å². The molecule has 7 rings (SSSR count). The zero-order valence-electron chi connectivity index (χ0n) is 64.7. The highest BCUT2D eigenvalue weighted by Crippen LogP contribution is 2.26. The number of fused-ring (bicyclic) bond motifs is 3. The van der Waals surface area contributed by atoms with Crippen molar-refractivity contribution in [3.8, 4) is 5.75 Å². The van der Waals surface area contributed by atoms with Gasteiger partial charge >= 0.3 is 18.0 Å². The molecule has 36 nitrogen and oxygen atoms in total. The first-order valence-corrected chi connectivity index (χ1v) is 38.8. The van der Waals surface area contributed by atoms with Crippen LogP contribution in [0.5, 0.6) is 5.75 Å². The highest BCUT2D eigenvalue weighted by Gasteiger charge is 2.41. The summed E-state index contributed by atoms with van der Waals surface area (Å²) >= 11 is 0. The fourth-order valence-electron chi connectivity index (χ4n) is 13.6. The zero-order chi connectivity index (χ0) is 82.1. The Morgan fingerprint density at radius 3 is 1.70 bits per heavy atom. The van der Waals surface area contributed by atoms with Gasteiger partial charge in [-0.25, -0.2) is 14.6 Å². The molecule has 2 aromatic carbocycles. The summed E-state index contributed by atoms with van der Waals surface area (Å²) in [4.78, 5) is 223. The third-order valence-electron chi connectivity index (χ3n) is 19.7. The van der Waals surface area contributed by atoms with Gasteiger partial charge < -0.3 is 104 Å². The normalized spacial score (nSPS) is 22.1. The molecule has 2 fully saturated rings. The molecule has 0 aliphatic carbocycles. The number of aliphatic carboxylic acids is 1. The Hall–Kier alpha value is -11.6. The monoisotopic (exact) mass is 1570 g/mol. The van der Waals surface area contributed by atoms with Crippen molar-refractivity contribution >= 4 is 111 Å². The van der Waals surface area contributed by atoms with Crippen molar-refractivity contribution in [2.45, 2.75) is 224 Å². The highest BCUT2D eigenvalue weighted by atomic mass is 16.5. The van der Waals surface area contributed by atoms with Gasteiger partial charge in [-0.2, -0.15) is 0 Å². The molecular weight excluding hydrogens is 1460 g/mol. The Labute approximate surface area is 654 Å². The lowest BCUT2D eigenvalue weighted by molar-refractivity contribution is -0.157. The summed E-state index contributed by atoms with van der Waals surface area (Å²) in [5, 5.41) is 52.2. The molecule has 19 N–H and O–H groups in total. The van der Waals surface area contributed by atoms with Crippen LogP contribution in [-0.2, 0) is 91.1 Å². The van der Waals surface area contributed by atoms with E-state index in [2.05, 4.69) is 90.7 Å². The van der Waals surface area contributed by atoms with Crippen LogP contribution in [-0.4, -0.2) is 218 Å². The van der Waals surface area contributed by atoms with Crippen LogP contribution in [0, 0.1) is 11.8 Å². The van der Waals surface area contributed by atoms with Crippen LogP contribution in [0.2, 0.25) is 0 Å². The first-order chi connectivity index (χ1) is 54.1. The van der Waals surface area contributed by atoms with E-state index in [1.54, 1.807) is 64.2 Å². The molecule has 36 heteroatoms. The van der Waals surface area contributed by atoms with E-state index in [0.29, 0.717) is 57.9 Å². The maximum absolute atomic E-state index is 14.7. The number of carboxylic acids is 1. The molecule has 14 amide bonds. The summed E-state index contributed by atoms with van der Waals surface area (Å²) in [5.74, 6) is -14.8. The predicted octanol–water partition coefficient (Wildman–Crippen LogP) is 1.21. The van der Waals surface area contributed by atoms with E-state index in [0.717, 1.165) is 44.9 Å². The minimum Gasteiger partial charge on any atom is -0.508 e. The van der Waals surface area contributed by atoms with Crippen LogP contribution in [0.25, 0.3) is 21.8 Å². The lowest BCUT2D eigenvalue weighted by Gasteiger charge is -2.31. The second-order valence-electron chi connectivity index (χ2n) is 29.3. The van der Waals surface area contributed by atoms with Gasteiger partial charge in [0.05, 0.1) is 45.3 Å². The number of ether oxygens (including phenoxy) is 1. The van der Waals surface area contributed by atoms with Crippen LogP contribution in [0.3, 0.4) is 0 Å². The zero-order valence-corrected chi connectivity index (χ0v) is 64.7. The van der Waals surface area contributed by atoms with Gasteiger partial charge in [-0.05, 0) is 85.8 Å². The predicted molar refractivity (Wildman–Crippen MR) is 413 cm³/mol. The molecule has 0 spiro atoms. The van der Waals surface area contributed by atoms with Crippen molar-refractivity contribution in [1.82, 2.24) is 88.6 Å². The Balaban J connectivity index is 1.18. The maximum atomic E-state index is 14.7. The molecule has 0 bridgehead atoms. The fraction of sp³-hybridized carbons (Fsp3) is 0.558. The Bertz CT molecular complexity index is 4100. The van der Waals surface area contributed by atoms with Crippen molar-refractivity contribution in [3.05, 3.63) is 84.2 Å². The maximum Gasteiger partial charge on any atom is 0.329 e. The number of nitrogens with one attached hydrogen (secondary N) is 15. The van der Waals surface area contributed by atoms with Crippen molar-refractivity contribution in [2.24, 2.45) is 17.6 Å². The number of rotatable bonds is 26. The van der Waals surface area contributed by atoms with E-state index in [1.165, 1.54) is 48.6 Å². The quantitative estimate of drug-likeness (QED) is 0.0273. The summed E-state index contributed by atoms with van der Waals surface area (Å²) in [6.45, 7) is 5.44. The molecule has 9 atom stereocenters. The number of para-hydroxylation sites is 1. The van der Waals surface area contributed by atoms with Gasteiger partial charge in [-0.1, -0.05) is 117 Å². The number of carboxylic acid groups (broad SMARTS) is 1. The smallest absolute Gasteiger partial charge is 0.329 e. The van der Waals surface area contributed by atoms with Crippen LogP contribution < -0.4 is 69.5 Å². The van der Waals surface area contributed by atoms with E-state index < -0.39 is 194 Å². The Morgan fingerprint density at radius 1 is 0.558 bits per heavy atom. The molecule has 0 saturated carbocycles. The number of aromatic nitrogens is 4. The van der Waals surface area contributed by atoms with Crippen molar-refractivity contribution in [2.75, 3.05) is 39.3 Å². The van der Waals surface area contributed by atoms with Gasteiger partial charge in [0.15, 0.2) is 0 Å². The minimum atomic E-state index is -1.88. The number of carbonyl (C=O) groups is 15. The molecule has 2 saturated heterocycles. The molecular formula is C77H110N18O18. The third kappa shape index (κ3) is 28.9. The number of urea groups is 1. The number of primary amides is 1. The van der Waals surface area contributed by atoms with Crippen molar-refractivity contribution < 1.29 is 86.9 Å². The number of aromatic amines is 3. The molecule has 5 aromatic rings. The summed E-state index contributed by atoms with van der Waals surface area (Å²) in [6, 6.07) is -1.14. The number of hydrogen-bond donors (Lipinski definition) is 18. The second kappa shape index (κ2) is 45.0. The summed E-state index contributed by atoms with van der Waals surface area (Å²) in [6.07, 6.45) is 13.6. The molecule has 113 heavy (non-hydrogen) atoms. The molecule has 2 aliphatic heterocycles. The third-order valence-corrected chi connectivity index (χ3v) is 19.7. The topological polar surface area (TPSA) is 540 Å². The summed E-state index contributed by atoms with van der Waals surface area (Å²) < 4.78 is 5.87. The van der Waals surface area contributed by atoms with Gasteiger partial charge in [0.25, 0.3) is 0 Å². The number of nitrogens with zero attached hydrogens (tertiary/aromatic N) is 2. The number of phenols is 1. The van der Waals surface area contributed by atoms with E-state index in [1.807, 2.05) is 0 Å². The number of cyclic esters (lactones) is 1. The van der Waals surface area contributed by atoms with Crippen LogP contribution in [0.1, 0.15) is 167 Å². The molecule has 3 aromatic heterocycles. The van der Waals surface area contributed by atoms with Crippen LogP contribution >= 0.6 is 0 Å². The standard InChI is InChI=1S/C77H110N18O18/c1-6-7-8-9-10-11-12-13-14-15-16-21-50-34-61(97)83-39-62(98)90-58(32-48-38-79-43-87-48)72(107)94-68(45(4)5)75(110)95-29-20-25-60(95)73(108)86-41-63(99)88-55(24-19-28-80-77(78)112)71(106)91-57(31-47-37-82-54-27-26-49(96)33-52(47)54)70(105)84-40-64(100)89-56(30-46-36-81-53-23-18-17-22-51(46)53)69(104)85-42-65(101)93-67(44(2)3)74(109)92-59(35-66(102)103)76(111)113-50/h17-18,22-23,26-27,33,36-38,43-45,50,55-60,67-68,81-82,96H,6-16,19-21,24-25,28-32,34-35,39-42H2,1-5H3,(H,79,87)(H,83,97)(H,84,105)(H,85,104)(H,86,108)(H,88,99)(H,89,100)(H,90,98)(H,91,106)(H,92,109)(H,93,101)(H,94,107)(H,102,103)(H3,78,80,112). The lowest BCUT2D eigenvalue weighted by Crippen LogP contribution is -2.59. The summed E-state index contributed by atoms with van der Waals surface area (Å²) in [7, 11) is 0. The number of imidazole rings is 1. The molecule has 5 heterocycles. The van der Waals surface area contributed by atoms with Crippen LogP contribution in [0.4, 0.5) is 4.79 Å².